The van der Waals surface area contributed by atoms with E-state index in [1.165, 1.54) is 50.0 Å². The number of rotatable bonds is 7. The average molecular weight is 473 g/mol. The second-order valence-corrected chi connectivity index (χ2v) is 7.24. The molecule has 0 aromatic heterocycles. The van der Waals surface area contributed by atoms with E-state index in [1.54, 1.807) is 0 Å². The van der Waals surface area contributed by atoms with Crippen LogP contribution in [0.4, 0.5) is 0 Å². The summed E-state index contributed by atoms with van der Waals surface area (Å²) in [5.74, 6) is 0.909. The maximum Gasteiger partial charge on any atom is 0.191 e. The van der Waals surface area contributed by atoms with E-state index in [-0.39, 0.29) is 24.0 Å². The highest BCUT2D eigenvalue weighted by Gasteiger charge is 2.19. The van der Waals surface area contributed by atoms with Crippen LogP contribution in [-0.4, -0.2) is 62.6 Å². The second-order valence-electron chi connectivity index (χ2n) is 7.24. The number of guanidine groups is 1. The zero-order valence-corrected chi connectivity index (χ0v) is 19.1. The molecule has 148 valence electrons. The number of aliphatic imine (C=N–C) groups is 1. The molecule has 1 saturated heterocycles. The van der Waals surface area contributed by atoms with Crippen LogP contribution >= 0.6 is 24.0 Å². The maximum atomic E-state index is 4.38. The smallest absolute Gasteiger partial charge is 0.191 e. The predicted molar refractivity (Wildman–Crippen MR) is 122 cm³/mol. The number of nitrogens with zero attached hydrogens (tertiary/aromatic N) is 3. The van der Waals surface area contributed by atoms with Crippen molar-refractivity contribution in [2.75, 3.05) is 40.8 Å². The van der Waals surface area contributed by atoms with Gasteiger partial charge in [0.25, 0.3) is 0 Å². The Morgan fingerprint density at radius 3 is 2.31 bits per heavy atom. The van der Waals surface area contributed by atoms with Crippen LogP contribution in [0.2, 0.25) is 0 Å². The molecule has 0 amide bonds. The molecule has 2 rings (SSSR count). The van der Waals surface area contributed by atoms with Gasteiger partial charge < -0.3 is 20.4 Å². The maximum absolute atomic E-state index is 4.38. The third-order valence-electron chi connectivity index (χ3n) is 4.67. The van der Waals surface area contributed by atoms with Crippen molar-refractivity contribution in [3.05, 3.63) is 35.4 Å². The molecule has 5 nitrogen and oxygen atoms in total. The number of hydrogen-bond donors (Lipinski definition) is 2. The quantitative estimate of drug-likeness (QED) is 0.363. The van der Waals surface area contributed by atoms with Gasteiger partial charge >= 0.3 is 0 Å². The molecule has 0 unspecified atom stereocenters. The first-order valence-corrected chi connectivity index (χ1v) is 9.52. The summed E-state index contributed by atoms with van der Waals surface area (Å²) in [6.45, 7) is 7.64. The van der Waals surface area contributed by atoms with Gasteiger partial charge in [0, 0.05) is 39.3 Å². The van der Waals surface area contributed by atoms with Crippen LogP contribution in [0.15, 0.2) is 29.3 Å². The van der Waals surface area contributed by atoms with Gasteiger partial charge in [-0.15, -0.1) is 24.0 Å². The molecule has 1 heterocycles. The minimum absolute atomic E-state index is 0. The highest BCUT2D eigenvalue weighted by Crippen LogP contribution is 2.10. The molecular formula is C20H36IN5. The van der Waals surface area contributed by atoms with Gasteiger partial charge in [0.2, 0.25) is 0 Å². The van der Waals surface area contributed by atoms with Gasteiger partial charge in [-0.2, -0.15) is 0 Å². The highest BCUT2D eigenvalue weighted by molar-refractivity contribution is 14.0. The number of hydrogen-bond acceptors (Lipinski definition) is 3. The van der Waals surface area contributed by atoms with Crippen LogP contribution in [0.3, 0.4) is 0 Å². The third-order valence-corrected chi connectivity index (χ3v) is 4.67. The Bertz CT molecular complexity index is 522. The molecular weight excluding hydrogens is 437 g/mol. The van der Waals surface area contributed by atoms with Crippen molar-refractivity contribution in [1.82, 2.24) is 20.4 Å². The predicted octanol–water partition coefficient (Wildman–Crippen LogP) is 2.91. The number of benzene rings is 1. The fourth-order valence-electron chi connectivity index (χ4n) is 3.32. The lowest BCUT2D eigenvalue weighted by molar-refractivity contribution is 0.206. The molecule has 1 aliphatic heterocycles. The van der Waals surface area contributed by atoms with E-state index in [4.69, 9.17) is 0 Å². The van der Waals surface area contributed by atoms with E-state index >= 15 is 0 Å². The summed E-state index contributed by atoms with van der Waals surface area (Å²) >= 11 is 0. The minimum atomic E-state index is 0. The molecule has 1 aromatic carbocycles. The normalized spacial score (nSPS) is 16.4. The van der Waals surface area contributed by atoms with Crippen LogP contribution in [-0.2, 0) is 13.1 Å². The Morgan fingerprint density at radius 1 is 1.15 bits per heavy atom. The Labute approximate surface area is 176 Å². The topological polar surface area (TPSA) is 42.9 Å². The zero-order chi connectivity index (χ0) is 18.1. The van der Waals surface area contributed by atoms with Crippen molar-refractivity contribution in [2.24, 2.45) is 4.99 Å². The van der Waals surface area contributed by atoms with Crippen LogP contribution < -0.4 is 10.6 Å². The van der Waals surface area contributed by atoms with Crippen molar-refractivity contribution in [2.45, 2.75) is 45.3 Å². The monoisotopic (exact) mass is 473 g/mol. The standard InChI is InChI=1S/C20H35N5.HI/c1-5-12-25-13-10-19(11-14-25)23-20(21-2)22-15-17-6-8-18(9-7-17)16-24(3)4;/h6-9,19H,5,10-16H2,1-4H3,(H2,21,22,23);1H. The third kappa shape index (κ3) is 8.22. The molecule has 0 saturated carbocycles. The molecule has 6 heteroatoms. The van der Waals surface area contributed by atoms with Gasteiger partial charge in [0.1, 0.15) is 0 Å². The van der Waals surface area contributed by atoms with Gasteiger partial charge in [0.05, 0.1) is 0 Å². The van der Waals surface area contributed by atoms with Gasteiger partial charge in [-0.05, 0) is 51.0 Å². The molecule has 0 aliphatic carbocycles. The summed E-state index contributed by atoms with van der Waals surface area (Å²) in [5, 5.41) is 7.03. The molecule has 1 aromatic rings. The SMILES string of the molecule is CCCN1CCC(NC(=NC)NCc2ccc(CN(C)C)cc2)CC1.I. The number of likely N-dealkylation sites (tertiary alicyclic amines) is 1. The Hall–Kier alpha value is -0.860. The second kappa shape index (κ2) is 12.5. The molecule has 0 bridgehead atoms. The summed E-state index contributed by atoms with van der Waals surface area (Å²) in [7, 11) is 6.04. The van der Waals surface area contributed by atoms with E-state index < -0.39 is 0 Å². The molecule has 0 spiro atoms. The Morgan fingerprint density at radius 2 is 1.77 bits per heavy atom. The lowest BCUT2D eigenvalue weighted by atomic mass is 10.1. The first-order valence-electron chi connectivity index (χ1n) is 9.52. The van der Waals surface area contributed by atoms with Crippen molar-refractivity contribution < 1.29 is 0 Å². The van der Waals surface area contributed by atoms with E-state index in [9.17, 15) is 0 Å². The van der Waals surface area contributed by atoms with Crippen molar-refractivity contribution in [3.63, 3.8) is 0 Å². The van der Waals surface area contributed by atoms with Crippen LogP contribution in [0.5, 0.6) is 0 Å². The lowest BCUT2D eigenvalue weighted by Crippen LogP contribution is -2.48. The molecule has 1 fully saturated rings. The van der Waals surface area contributed by atoms with Gasteiger partial charge in [-0.25, -0.2) is 0 Å². The summed E-state index contributed by atoms with van der Waals surface area (Å²) in [4.78, 5) is 9.13. The van der Waals surface area contributed by atoms with E-state index in [2.05, 4.69) is 70.7 Å². The first kappa shape index (κ1) is 23.2. The molecule has 0 atom stereocenters. The zero-order valence-electron chi connectivity index (χ0n) is 16.8. The minimum Gasteiger partial charge on any atom is -0.354 e. The van der Waals surface area contributed by atoms with Crippen LogP contribution in [0.1, 0.15) is 37.3 Å². The molecule has 0 radical (unpaired) electrons. The summed E-state index contributed by atoms with van der Waals surface area (Å²) in [5.41, 5.74) is 2.62. The van der Waals surface area contributed by atoms with Crippen LogP contribution in [0.25, 0.3) is 0 Å². The Kier molecular flexibility index (Phi) is 11.2. The van der Waals surface area contributed by atoms with Gasteiger partial charge in [0.15, 0.2) is 5.96 Å². The van der Waals surface area contributed by atoms with E-state index in [1.807, 2.05) is 7.05 Å². The largest absolute Gasteiger partial charge is 0.354 e. The summed E-state index contributed by atoms with van der Waals surface area (Å²) in [6.07, 6.45) is 3.63. The van der Waals surface area contributed by atoms with Crippen molar-refractivity contribution >= 4 is 29.9 Å². The Balaban J connectivity index is 0.00000338. The summed E-state index contributed by atoms with van der Waals surface area (Å²) in [6, 6.07) is 9.33. The highest BCUT2D eigenvalue weighted by atomic mass is 127. The average Bonchev–Trinajstić information content (AvgIpc) is 2.61. The fraction of sp³-hybridized carbons (Fsp3) is 0.650. The van der Waals surface area contributed by atoms with Crippen molar-refractivity contribution in [1.29, 1.82) is 0 Å². The van der Waals surface area contributed by atoms with E-state index in [0.717, 1.165) is 19.0 Å². The molecule has 1 aliphatic rings. The lowest BCUT2D eigenvalue weighted by Gasteiger charge is -2.32. The number of halogens is 1. The number of nitrogens with one attached hydrogen (secondary N) is 2. The number of piperidine rings is 1. The van der Waals surface area contributed by atoms with E-state index in [0.29, 0.717) is 6.04 Å². The van der Waals surface area contributed by atoms with Crippen LogP contribution in [0, 0.1) is 0 Å². The molecule has 26 heavy (non-hydrogen) atoms. The van der Waals surface area contributed by atoms with Crippen molar-refractivity contribution in [3.8, 4) is 0 Å². The molecule has 2 N–H and O–H groups in total. The van der Waals surface area contributed by atoms with Gasteiger partial charge in [-0.3, -0.25) is 4.99 Å². The fourth-order valence-corrected chi connectivity index (χ4v) is 3.32. The summed E-state index contributed by atoms with van der Waals surface area (Å²) < 4.78 is 0. The first-order chi connectivity index (χ1) is 12.1. The van der Waals surface area contributed by atoms with Gasteiger partial charge in [-0.1, -0.05) is 31.2 Å².